The molecule has 0 aliphatic carbocycles. The van der Waals surface area contributed by atoms with Gasteiger partial charge in [-0.1, -0.05) is 23.7 Å². The molecule has 0 saturated carbocycles. The Labute approximate surface area is 135 Å². The lowest BCUT2D eigenvalue weighted by Gasteiger charge is -2.05. The lowest BCUT2D eigenvalue weighted by Crippen LogP contribution is -2.09. The van der Waals surface area contributed by atoms with Crippen molar-refractivity contribution in [3.05, 3.63) is 63.3 Å². The summed E-state index contributed by atoms with van der Waals surface area (Å²) in [6.45, 7) is 0. The summed E-state index contributed by atoms with van der Waals surface area (Å²) < 4.78 is 2.66. The molecule has 5 heteroatoms. The molecule has 0 aliphatic rings. The van der Waals surface area contributed by atoms with Crippen molar-refractivity contribution in [2.45, 2.75) is 6.42 Å². The van der Waals surface area contributed by atoms with Crippen LogP contribution >= 0.6 is 27.5 Å². The van der Waals surface area contributed by atoms with Crippen molar-refractivity contribution < 1.29 is 4.79 Å². The van der Waals surface area contributed by atoms with Crippen LogP contribution in [0.25, 0.3) is 11.0 Å². The van der Waals surface area contributed by atoms with Crippen LogP contribution in [0.3, 0.4) is 0 Å². The third-order valence-electron chi connectivity index (χ3n) is 3.43. The molecule has 0 fully saturated rings. The average Bonchev–Trinajstić information content (AvgIpc) is 2.76. The number of carbonyl (C=O) groups excluding carboxylic acids is 1. The van der Waals surface area contributed by atoms with Crippen LogP contribution in [0, 0.1) is 0 Å². The molecule has 0 atom stereocenters. The maximum Gasteiger partial charge on any atom is 0.171 e. The standard InChI is InChI=1S/C16H12BrClN2O/c1-20-14-5-3-2-4-13(14)19-16(20)9-15(21)11-7-6-10(18)8-12(11)17/h2-8H,9H2,1H3. The van der Waals surface area contributed by atoms with Crippen molar-refractivity contribution in [3.63, 3.8) is 0 Å². The molecule has 0 radical (unpaired) electrons. The first kappa shape index (κ1) is 14.3. The number of ketones is 1. The van der Waals surface area contributed by atoms with Crippen molar-refractivity contribution in [1.29, 1.82) is 0 Å². The molecule has 3 rings (SSSR count). The van der Waals surface area contributed by atoms with E-state index in [1.165, 1.54) is 0 Å². The smallest absolute Gasteiger partial charge is 0.171 e. The monoisotopic (exact) mass is 362 g/mol. The van der Waals surface area contributed by atoms with E-state index in [1.54, 1.807) is 18.2 Å². The Balaban J connectivity index is 1.94. The molecule has 3 nitrogen and oxygen atoms in total. The molecule has 106 valence electrons. The fraction of sp³-hybridized carbons (Fsp3) is 0.125. The van der Waals surface area contributed by atoms with Gasteiger partial charge in [-0.15, -0.1) is 0 Å². The largest absolute Gasteiger partial charge is 0.331 e. The van der Waals surface area contributed by atoms with Crippen molar-refractivity contribution in [2.75, 3.05) is 0 Å². The van der Waals surface area contributed by atoms with E-state index in [1.807, 2.05) is 35.9 Å². The van der Waals surface area contributed by atoms with Gasteiger partial charge in [-0.25, -0.2) is 4.98 Å². The number of fused-ring (bicyclic) bond motifs is 1. The Morgan fingerprint density at radius 1 is 1.29 bits per heavy atom. The zero-order valence-corrected chi connectivity index (χ0v) is 13.6. The maximum atomic E-state index is 12.4. The predicted octanol–water partition coefficient (Wildman–Crippen LogP) is 4.41. The maximum absolute atomic E-state index is 12.4. The number of Topliss-reactive ketones (excluding diaryl/α,β-unsaturated/α-hetero) is 1. The van der Waals surface area contributed by atoms with Crippen molar-refractivity contribution in [3.8, 4) is 0 Å². The van der Waals surface area contributed by atoms with Gasteiger partial charge in [-0.3, -0.25) is 4.79 Å². The van der Waals surface area contributed by atoms with Gasteiger partial charge < -0.3 is 4.57 Å². The third kappa shape index (κ3) is 2.74. The van der Waals surface area contributed by atoms with E-state index in [9.17, 15) is 4.79 Å². The number of halogens is 2. The third-order valence-corrected chi connectivity index (χ3v) is 4.32. The van der Waals surface area contributed by atoms with Crippen molar-refractivity contribution in [2.24, 2.45) is 7.05 Å². The SMILES string of the molecule is Cn1c(CC(=O)c2ccc(Cl)cc2Br)nc2ccccc21. The molecule has 0 bridgehead atoms. The average molecular weight is 364 g/mol. The summed E-state index contributed by atoms with van der Waals surface area (Å²) in [7, 11) is 1.93. The highest BCUT2D eigenvalue weighted by atomic mass is 79.9. The minimum atomic E-state index is 0.0111. The number of hydrogen-bond donors (Lipinski definition) is 0. The van der Waals surface area contributed by atoms with Crippen LogP contribution in [0.2, 0.25) is 5.02 Å². The summed E-state index contributed by atoms with van der Waals surface area (Å²) in [5, 5.41) is 0.598. The highest BCUT2D eigenvalue weighted by Crippen LogP contribution is 2.23. The number of rotatable bonds is 3. The van der Waals surface area contributed by atoms with E-state index < -0.39 is 0 Å². The number of carbonyl (C=O) groups is 1. The molecule has 2 aromatic carbocycles. The zero-order chi connectivity index (χ0) is 15.0. The first-order valence-corrected chi connectivity index (χ1v) is 7.62. The second-order valence-electron chi connectivity index (χ2n) is 4.80. The van der Waals surface area contributed by atoms with Gasteiger partial charge in [0.2, 0.25) is 0 Å². The van der Waals surface area contributed by atoms with Crippen LogP contribution in [-0.4, -0.2) is 15.3 Å². The van der Waals surface area contributed by atoms with Crippen molar-refractivity contribution >= 4 is 44.3 Å². The number of hydrogen-bond acceptors (Lipinski definition) is 2. The molecular formula is C16H12BrClN2O. The lowest BCUT2D eigenvalue weighted by atomic mass is 10.1. The van der Waals surface area contributed by atoms with Gasteiger partial charge in [0.05, 0.1) is 17.5 Å². The Kier molecular flexibility index (Phi) is 3.83. The summed E-state index contributed by atoms with van der Waals surface area (Å²) in [5.41, 5.74) is 2.54. The first-order chi connectivity index (χ1) is 10.1. The van der Waals surface area contributed by atoms with Crippen LogP contribution in [0.1, 0.15) is 16.2 Å². The van der Waals surface area contributed by atoms with Crippen LogP contribution in [-0.2, 0) is 13.5 Å². The molecular weight excluding hydrogens is 352 g/mol. The van der Waals surface area contributed by atoms with E-state index >= 15 is 0 Å². The molecule has 3 aromatic rings. The van der Waals surface area contributed by atoms with Gasteiger partial charge in [0, 0.05) is 22.1 Å². The molecule has 1 aromatic heterocycles. The zero-order valence-electron chi connectivity index (χ0n) is 11.3. The van der Waals surface area contributed by atoms with Gasteiger partial charge in [0.15, 0.2) is 5.78 Å². The van der Waals surface area contributed by atoms with E-state index in [4.69, 9.17) is 11.6 Å². The first-order valence-electron chi connectivity index (χ1n) is 6.45. The van der Waals surface area contributed by atoms with Gasteiger partial charge in [-0.2, -0.15) is 0 Å². The van der Waals surface area contributed by atoms with E-state index in [0.29, 0.717) is 15.1 Å². The fourth-order valence-electron chi connectivity index (χ4n) is 2.31. The van der Waals surface area contributed by atoms with Crippen molar-refractivity contribution in [1.82, 2.24) is 9.55 Å². The number of benzene rings is 2. The summed E-state index contributed by atoms with van der Waals surface area (Å²) in [5.74, 6) is 0.764. The molecule has 0 saturated heterocycles. The Hall–Kier alpha value is -1.65. The number of nitrogens with zero attached hydrogens (tertiary/aromatic N) is 2. The summed E-state index contributed by atoms with van der Waals surface area (Å²) >= 11 is 9.28. The number of aromatic nitrogens is 2. The van der Waals surface area contributed by atoms with Crippen LogP contribution in [0.4, 0.5) is 0 Å². The summed E-state index contributed by atoms with van der Waals surface area (Å²) in [4.78, 5) is 17.0. The molecule has 0 amide bonds. The molecule has 0 unspecified atom stereocenters. The summed E-state index contributed by atoms with van der Waals surface area (Å²) in [6, 6.07) is 13.0. The number of imidazole rings is 1. The molecule has 0 N–H and O–H groups in total. The van der Waals surface area contributed by atoms with Gasteiger partial charge in [-0.05, 0) is 46.3 Å². The van der Waals surface area contributed by atoms with E-state index in [2.05, 4.69) is 20.9 Å². The molecule has 21 heavy (non-hydrogen) atoms. The Morgan fingerprint density at radius 2 is 2.05 bits per heavy atom. The van der Waals surface area contributed by atoms with E-state index in [0.717, 1.165) is 16.9 Å². The number of aryl methyl sites for hydroxylation is 1. The second kappa shape index (κ2) is 5.62. The highest BCUT2D eigenvalue weighted by molar-refractivity contribution is 9.10. The van der Waals surface area contributed by atoms with Gasteiger partial charge in [0.25, 0.3) is 0 Å². The molecule has 0 aliphatic heterocycles. The minimum Gasteiger partial charge on any atom is -0.331 e. The minimum absolute atomic E-state index is 0.0111. The van der Waals surface area contributed by atoms with Crippen LogP contribution in [0.15, 0.2) is 46.9 Å². The molecule has 1 heterocycles. The highest BCUT2D eigenvalue weighted by Gasteiger charge is 2.15. The normalized spacial score (nSPS) is 11.0. The van der Waals surface area contributed by atoms with Crippen LogP contribution < -0.4 is 0 Å². The Bertz CT molecular complexity index is 841. The number of para-hydroxylation sites is 2. The quantitative estimate of drug-likeness (QED) is 0.646. The topological polar surface area (TPSA) is 34.9 Å². The van der Waals surface area contributed by atoms with Gasteiger partial charge >= 0.3 is 0 Å². The summed E-state index contributed by atoms with van der Waals surface area (Å²) in [6.07, 6.45) is 0.255. The lowest BCUT2D eigenvalue weighted by molar-refractivity contribution is 0.0989. The van der Waals surface area contributed by atoms with Gasteiger partial charge in [0.1, 0.15) is 5.82 Å². The van der Waals surface area contributed by atoms with E-state index in [-0.39, 0.29) is 12.2 Å². The Morgan fingerprint density at radius 3 is 2.76 bits per heavy atom. The second-order valence-corrected chi connectivity index (χ2v) is 6.09. The predicted molar refractivity (Wildman–Crippen MR) is 87.9 cm³/mol. The van der Waals surface area contributed by atoms with Crippen LogP contribution in [0.5, 0.6) is 0 Å². The molecule has 0 spiro atoms. The fourth-order valence-corrected chi connectivity index (χ4v) is 3.21.